The third kappa shape index (κ3) is 5.86. The Labute approximate surface area is 244 Å². The van der Waals surface area contributed by atoms with E-state index in [-0.39, 0.29) is 11.5 Å². The number of phenolic OH excluding ortho intramolecular Hbond substituents is 1. The first-order chi connectivity index (χ1) is 19.3. The molecule has 40 heavy (non-hydrogen) atoms. The molecule has 1 spiro atoms. The van der Waals surface area contributed by atoms with Crippen LogP contribution in [0.15, 0.2) is 18.2 Å². The molecule has 0 aromatic heterocycles. The Balaban J connectivity index is 1.07. The molecule has 3 saturated carbocycles. The first-order valence-corrected chi connectivity index (χ1v) is 17.0. The van der Waals surface area contributed by atoms with Crippen molar-refractivity contribution in [2.24, 2.45) is 28.6 Å². The lowest BCUT2D eigenvalue weighted by molar-refractivity contribution is -0.130. The molecule has 4 aliphatic rings. The minimum Gasteiger partial charge on any atom is -0.508 e. The fourth-order valence-corrected chi connectivity index (χ4v) is 9.78. The second-order valence-corrected chi connectivity index (χ2v) is 14.5. The van der Waals surface area contributed by atoms with Gasteiger partial charge in [-0.2, -0.15) is 0 Å². The second kappa shape index (κ2) is 12.8. The van der Waals surface area contributed by atoms with E-state index in [1.165, 1.54) is 88.2 Å². The van der Waals surface area contributed by atoms with Crippen molar-refractivity contribution in [3.8, 4) is 5.75 Å². The maximum Gasteiger partial charge on any atom is 0.222 e. The number of benzene rings is 1. The van der Waals surface area contributed by atoms with E-state index in [1.54, 1.807) is 0 Å². The molecule has 4 aliphatic carbocycles. The molecule has 3 fully saturated rings. The number of hydrogen-bond donors (Lipinski definition) is 2. The number of amides is 1. The number of carbonyl (C=O) groups excluding carboxylic acids is 1. The van der Waals surface area contributed by atoms with Crippen molar-refractivity contribution in [2.45, 2.75) is 141 Å². The number of rotatable bonds is 14. The highest BCUT2D eigenvalue weighted by Crippen LogP contribution is 2.76. The van der Waals surface area contributed by atoms with Crippen molar-refractivity contribution >= 4 is 5.91 Å². The van der Waals surface area contributed by atoms with Crippen molar-refractivity contribution in [3.05, 3.63) is 29.3 Å². The molecule has 6 atom stereocenters. The van der Waals surface area contributed by atoms with Gasteiger partial charge in [0.2, 0.25) is 5.91 Å². The van der Waals surface area contributed by atoms with Crippen LogP contribution >= 0.6 is 0 Å². The molecule has 0 radical (unpaired) electrons. The maximum absolute atomic E-state index is 12.2. The number of fused-ring (bicyclic) bond motifs is 6. The van der Waals surface area contributed by atoms with Gasteiger partial charge in [0.05, 0.1) is 6.10 Å². The van der Waals surface area contributed by atoms with Gasteiger partial charge in [-0.1, -0.05) is 71.3 Å². The van der Waals surface area contributed by atoms with Gasteiger partial charge in [0.1, 0.15) is 5.75 Å². The highest BCUT2D eigenvalue weighted by atomic mass is 16.3. The molecule has 4 heteroatoms. The van der Waals surface area contributed by atoms with Crippen LogP contribution in [0.1, 0.15) is 140 Å². The van der Waals surface area contributed by atoms with E-state index < -0.39 is 0 Å². The highest BCUT2D eigenvalue weighted by Gasteiger charge is 2.71. The number of unbranched alkanes of at least 4 members (excludes halogenated alkanes) is 8. The van der Waals surface area contributed by atoms with Crippen molar-refractivity contribution in [1.29, 1.82) is 0 Å². The topological polar surface area (TPSA) is 60.8 Å². The first kappa shape index (κ1) is 29.9. The van der Waals surface area contributed by atoms with E-state index in [4.69, 9.17) is 0 Å². The summed E-state index contributed by atoms with van der Waals surface area (Å²) in [5.74, 6) is 3.35. The van der Waals surface area contributed by atoms with Gasteiger partial charge in [-0.15, -0.1) is 0 Å². The van der Waals surface area contributed by atoms with Gasteiger partial charge in [-0.3, -0.25) is 4.79 Å². The molecule has 1 aromatic carbocycles. The van der Waals surface area contributed by atoms with Gasteiger partial charge in [0.25, 0.3) is 0 Å². The van der Waals surface area contributed by atoms with Gasteiger partial charge in [0, 0.05) is 25.4 Å². The van der Waals surface area contributed by atoms with E-state index in [9.17, 15) is 15.0 Å². The molecule has 0 saturated heterocycles. The van der Waals surface area contributed by atoms with Crippen LogP contribution in [0.3, 0.4) is 0 Å². The molecule has 0 bridgehead atoms. The average molecular weight is 552 g/mol. The summed E-state index contributed by atoms with van der Waals surface area (Å²) in [5, 5.41) is 21.5. The zero-order valence-electron chi connectivity index (χ0n) is 25.8. The third-order valence-corrected chi connectivity index (χ3v) is 12.3. The lowest BCUT2D eigenvalue weighted by Crippen LogP contribution is -2.46. The summed E-state index contributed by atoms with van der Waals surface area (Å²) >= 11 is 0. The Bertz CT molecular complexity index is 1000. The van der Waals surface area contributed by atoms with Gasteiger partial charge in [-0.25, -0.2) is 0 Å². The third-order valence-electron chi connectivity index (χ3n) is 12.3. The Morgan fingerprint density at radius 2 is 1.70 bits per heavy atom. The molecule has 5 rings (SSSR count). The molecule has 224 valence electrons. The van der Waals surface area contributed by atoms with Crippen molar-refractivity contribution in [2.75, 3.05) is 13.6 Å². The highest BCUT2D eigenvalue weighted by molar-refractivity contribution is 5.75. The zero-order valence-corrected chi connectivity index (χ0v) is 25.8. The van der Waals surface area contributed by atoms with E-state index in [0.717, 1.165) is 38.6 Å². The Hall–Kier alpha value is -1.55. The molecule has 4 nitrogen and oxygen atoms in total. The smallest absolute Gasteiger partial charge is 0.222 e. The second-order valence-electron chi connectivity index (χ2n) is 14.5. The summed E-state index contributed by atoms with van der Waals surface area (Å²) in [4.78, 5) is 14.1. The summed E-state index contributed by atoms with van der Waals surface area (Å²) in [6.07, 6.45) is 21.3. The molecule has 1 amide bonds. The maximum atomic E-state index is 12.2. The molecular weight excluding hydrogens is 494 g/mol. The van der Waals surface area contributed by atoms with Crippen LogP contribution in [0, 0.1) is 28.6 Å². The number of aliphatic hydroxyl groups is 1. The Morgan fingerprint density at radius 1 is 1.00 bits per heavy atom. The number of phenols is 1. The predicted octanol–water partition coefficient (Wildman–Crippen LogP) is 8.38. The lowest BCUT2D eigenvalue weighted by atomic mass is 9.50. The van der Waals surface area contributed by atoms with E-state index in [1.807, 2.05) is 18.0 Å². The first-order valence-electron chi connectivity index (χ1n) is 17.0. The number of nitrogens with zero attached hydrogens (tertiary/aromatic N) is 1. The lowest BCUT2D eigenvalue weighted by Gasteiger charge is -2.54. The fraction of sp³-hybridized carbons (Fsp3) is 0.806. The van der Waals surface area contributed by atoms with Crippen molar-refractivity contribution in [3.63, 3.8) is 0 Å². The molecular formula is C36H57NO3. The van der Waals surface area contributed by atoms with Gasteiger partial charge >= 0.3 is 0 Å². The van der Waals surface area contributed by atoms with Gasteiger partial charge in [0.15, 0.2) is 0 Å². The zero-order chi connectivity index (χ0) is 28.3. The minimum atomic E-state index is -0.0943. The van der Waals surface area contributed by atoms with Crippen LogP contribution in [-0.4, -0.2) is 40.7 Å². The predicted molar refractivity (Wildman–Crippen MR) is 163 cm³/mol. The van der Waals surface area contributed by atoms with Gasteiger partial charge in [-0.05, 0) is 110 Å². The Morgan fingerprint density at radius 3 is 2.40 bits per heavy atom. The van der Waals surface area contributed by atoms with Crippen LogP contribution in [-0.2, 0) is 11.2 Å². The van der Waals surface area contributed by atoms with Crippen molar-refractivity contribution in [1.82, 2.24) is 4.90 Å². The van der Waals surface area contributed by atoms with E-state index in [2.05, 4.69) is 26.0 Å². The SMILES string of the molecule is CCCCN(C)C(=O)CCCCCCCCCC[C@@H]1Cc2cc(O)ccc2C2CC[C@@]3(C)C(C[C@@H](O)C34CC4)C21. The van der Waals surface area contributed by atoms with E-state index in [0.29, 0.717) is 47.2 Å². The Kier molecular flexibility index (Phi) is 9.54. The normalized spacial score (nSPS) is 31.4. The monoisotopic (exact) mass is 551 g/mol. The fourth-order valence-electron chi connectivity index (χ4n) is 9.78. The van der Waals surface area contributed by atoms with Crippen molar-refractivity contribution < 1.29 is 15.0 Å². The summed E-state index contributed by atoms with van der Waals surface area (Å²) in [6, 6.07) is 6.18. The minimum absolute atomic E-state index is 0.0943. The molecule has 3 unspecified atom stereocenters. The summed E-state index contributed by atoms with van der Waals surface area (Å²) < 4.78 is 0. The standard InChI is InChI=1S/C36H57NO3/c1-4-5-22-37(3)33(40)15-13-11-9-7-6-8-10-12-14-26-23-27-24-28(38)16-17-29(27)30-18-19-35(2)31(34(26)30)25-32(39)36(35)20-21-36/h16-17,24,26,30-32,34,38-39H,4-15,18-23,25H2,1-3H3/t26-,30?,31?,32-,34?,35+/m1/s1. The summed E-state index contributed by atoms with van der Waals surface area (Å²) in [5.41, 5.74) is 3.43. The summed E-state index contributed by atoms with van der Waals surface area (Å²) in [6.45, 7) is 5.61. The van der Waals surface area contributed by atoms with Crippen LogP contribution < -0.4 is 0 Å². The molecule has 2 N–H and O–H groups in total. The van der Waals surface area contributed by atoms with Crippen LogP contribution in [0.2, 0.25) is 0 Å². The average Bonchev–Trinajstić information content (AvgIpc) is 3.73. The number of hydrogen-bond acceptors (Lipinski definition) is 3. The molecule has 0 aliphatic heterocycles. The molecule has 1 aromatic rings. The van der Waals surface area contributed by atoms with Gasteiger partial charge < -0.3 is 15.1 Å². The number of aromatic hydroxyl groups is 1. The van der Waals surface area contributed by atoms with E-state index >= 15 is 0 Å². The number of carbonyl (C=O) groups is 1. The summed E-state index contributed by atoms with van der Waals surface area (Å²) in [7, 11) is 1.95. The van der Waals surface area contributed by atoms with Crippen LogP contribution in [0.25, 0.3) is 0 Å². The number of aliphatic hydroxyl groups excluding tert-OH is 1. The molecule has 0 heterocycles. The quantitative estimate of drug-likeness (QED) is 0.228. The largest absolute Gasteiger partial charge is 0.508 e. The van der Waals surface area contributed by atoms with Crippen LogP contribution in [0.4, 0.5) is 0 Å². The van der Waals surface area contributed by atoms with Crippen LogP contribution in [0.5, 0.6) is 5.75 Å².